The summed E-state index contributed by atoms with van der Waals surface area (Å²) < 4.78 is 24.4. The van der Waals surface area contributed by atoms with E-state index in [1.165, 1.54) is 0 Å². The molecule has 2 aromatic rings. The predicted molar refractivity (Wildman–Crippen MR) is 83.6 cm³/mol. The number of benzene rings is 2. The Balaban J connectivity index is 2.19. The molecule has 0 bridgehead atoms. The van der Waals surface area contributed by atoms with Crippen molar-refractivity contribution in [3.05, 3.63) is 63.6 Å². The van der Waals surface area contributed by atoms with Crippen LogP contribution in [0.3, 0.4) is 0 Å². The van der Waals surface area contributed by atoms with Crippen LogP contribution in [0.25, 0.3) is 0 Å². The van der Waals surface area contributed by atoms with Crippen molar-refractivity contribution >= 4 is 38.7 Å². The van der Waals surface area contributed by atoms with Gasteiger partial charge in [0.15, 0.2) is 9.84 Å². The number of rotatable bonds is 4. The summed E-state index contributed by atoms with van der Waals surface area (Å²) >= 11 is 11.8. The van der Waals surface area contributed by atoms with Crippen LogP contribution < -0.4 is 5.73 Å². The minimum atomic E-state index is -3.32. The summed E-state index contributed by atoms with van der Waals surface area (Å²) in [6, 6.07) is 11.5. The molecule has 2 N–H and O–H groups in total. The molecule has 20 heavy (non-hydrogen) atoms. The summed E-state index contributed by atoms with van der Waals surface area (Å²) in [6.07, 6.45) is 0. The van der Waals surface area contributed by atoms with Crippen LogP contribution in [0, 0.1) is 0 Å². The maximum atomic E-state index is 12.2. The van der Waals surface area contributed by atoms with Gasteiger partial charge in [0.25, 0.3) is 0 Å². The van der Waals surface area contributed by atoms with Crippen LogP contribution >= 0.6 is 23.2 Å². The number of hydrogen-bond donors (Lipinski definition) is 1. The topological polar surface area (TPSA) is 60.2 Å². The van der Waals surface area contributed by atoms with Crippen LogP contribution in [0.4, 0.5) is 5.69 Å². The molecule has 0 saturated carbocycles. The first-order valence-corrected chi connectivity index (χ1v) is 8.42. The fourth-order valence-corrected chi connectivity index (χ4v) is 3.73. The quantitative estimate of drug-likeness (QED) is 0.870. The average molecular weight is 330 g/mol. The molecule has 0 aliphatic heterocycles. The number of anilines is 1. The lowest BCUT2D eigenvalue weighted by Crippen LogP contribution is -2.08. The van der Waals surface area contributed by atoms with Crippen molar-refractivity contribution in [1.29, 1.82) is 0 Å². The van der Waals surface area contributed by atoms with E-state index in [1.807, 2.05) is 0 Å². The third-order valence-electron chi connectivity index (χ3n) is 2.75. The van der Waals surface area contributed by atoms with Gasteiger partial charge in [0.2, 0.25) is 0 Å². The van der Waals surface area contributed by atoms with E-state index in [-0.39, 0.29) is 11.5 Å². The Kier molecular flexibility index (Phi) is 4.58. The van der Waals surface area contributed by atoms with E-state index in [0.29, 0.717) is 26.9 Å². The maximum Gasteiger partial charge on any atom is 0.158 e. The van der Waals surface area contributed by atoms with Crippen LogP contribution in [-0.2, 0) is 21.3 Å². The maximum absolute atomic E-state index is 12.2. The lowest BCUT2D eigenvalue weighted by molar-refractivity contribution is 0.594. The number of hydrogen-bond acceptors (Lipinski definition) is 3. The fourth-order valence-electron chi connectivity index (χ4n) is 1.83. The van der Waals surface area contributed by atoms with E-state index in [4.69, 9.17) is 28.9 Å². The molecule has 0 saturated heterocycles. The molecule has 0 aliphatic carbocycles. The van der Waals surface area contributed by atoms with Crippen molar-refractivity contribution in [3.63, 3.8) is 0 Å². The third kappa shape index (κ3) is 4.13. The molecule has 0 amide bonds. The first-order chi connectivity index (χ1) is 9.35. The Morgan fingerprint density at radius 2 is 1.60 bits per heavy atom. The summed E-state index contributed by atoms with van der Waals surface area (Å²) in [5.41, 5.74) is 7.34. The number of nitrogens with two attached hydrogens (primary N) is 1. The zero-order valence-electron chi connectivity index (χ0n) is 10.5. The summed E-state index contributed by atoms with van der Waals surface area (Å²) in [4.78, 5) is 0. The molecule has 0 atom stereocenters. The van der Waals surface area contributed by atoms with E-state index >= 15 is 0 Å². The van der Waals surface area contributed by atoms with Crippen LogP contribution in [0.1, 0.15) is 11.1 Å². The largest absolute Gasteiger partial charge is 0.399 e. The average Bonchev–Trinajstić information content (AvgIpc) is 2.36. The van der Waals surface area contributed by atoms with Gasteiger partial charge in [-0.1, -0.05) is 35.3 Å². The second-order valence-electron chi connectivity index (χ2n) is 4.51. The highest BCUT2D eigenvalue weighted by atomic mass is 35.5. The van der Waals surface area contributed by atoms with Gasteiger partial charge in [-0.05, 0) is 41.5 Å². The first kappa shape index (κ1) is 15.2. The molecule has 2 aromatic carbocycles. The fraction of sp³-hybridized carbons (Fsp3) is 0.143. The van der Waals surface area contributed by atoms with Crippen molar-refractivity contribution in [3.8, 4) is 0 Å². The molecule has 0 aromatic heterocycles. The van der Waals surface area contributed by atoms with E-state index in [2.05, 4.69) is 0 Å². The highest BCUT2D eigenvalue weighted by Crippen LogP contribution is 2.23. The van der Waals surface area contributed by atoms with E-state index in [9.17, 15) is 8.42 Å². The zero-order valence-corrected chi connectivity index (χ0v) is 12.8. The number of nitrogen functional groups attached to an aromatic ring is 1. The van der Waals surface area contributed by atoms with Gasteiger partial charge in [0, 0.05) is 15.7 Å². The van der Waals surface area contributed by atoms with Gasteiger partial charge in [0.05, 0.1) is 11.5 Å². The van der Waals surface area contributed by atoms with Gasteiger partial charge in [-0.2, -0.15) is 0 Å². The van der Waals surface area contributed by atoms with E-state index < -0.39 is 9.84 Å². The van der Waals surface area contributed by atoms with Gasteiger partial charge in [-0.15, -0.1) is 0 Å². The number of sulfone groups is 1. The zero-order chi connectivity index (χ0) is 14.8. The lowest BCUT2D eigenvalue weighted by atomic mass is 10.2. The molecular formula is C14H13Cl2NO2S. The van der Waals surface area contributed by atoms with Crippen LogP contribution in [0.15, 0.2) is 42.5 Å². The smallest absolute Gasteiger partial charge is 0.158 e. The van der Waals surface area contributed by atoms with Gasteiger partial charge in [0.1, 0.15) is 0 Å². The molecule has 0 aliphatic rings. The molecule has 6 heteroatoms. The first-order valence-electron chi connectivity index (χ1n) is 5.84. The molecule has 0 spiro atoms. The van der Waals surface area contributed by atoms with Crippen molar-refractivity contribution in [2.75, 3.05) is 5.73 Å². The highest BCUT2D eigenvalue weighted by Gasteiger charge is 2.15. The molecule has 0 fully saturated rings. The van der Waals surface area contributed by atoms with Crippen LogP contribution in [0.2, 0.25) is 10.0 Å². The van der Waals surface area contributed by atoms with Crippen LogP contribution in [0.5, 0.6) is 0 Å². The van der Waals surface area contributed by atoms with Gasteiger partial charge in [-0.3, -0.25) is 0 Å². The Labute approximate surface area is 128 Å². The van der Waals surface area contributed by atoms with Gasteiger partial charge in [-0.25, -0.2) is 8.42 Å². The minimum absolute atomic E-state index is 0.0602. The van der Waals surface area contributed by atoms with Gasteiger partial charge >= 0.3 is 0 Å². The van der Waals surface area contributed by atoms with E-state index in [1.54, 1.807) is 42.5 Å². The Hall–Kier alpha value is -1.23. The van der Waals surface area contributed by atoms with E-state index in [0.717, 1.165) is 0 Å². The van der Waals surface area contributed by atoms with Crippen molar-refractivity contribution < 1.29 is 8.42 Å². The monoisotopic (exact) mass is 329 g/mol. The molecule has 106 valence electrons. The number of halogens is 2. The second kappa shape index (κ2) is 6.04. The van der Waals surface area contributed by atoms with Crippen molar-refractivity contribution in [2.24, 2.45) is 0 Å². The second-order valence-corrected chi connectivity index (χ2v) is 7.42. The van der Waals surface area contributed by atoms with Gasteiger partial charge < -0.3 is 5.73 Å². The standard InChI is InChI=1S/C14H13Cl2NO2S/c15-12-3-1-10(2-4-12)8-20(18,19)9-11-7-13(17)5-6-14(11)16/h1-7H,8-9,17H2. The normalized spacial score (nSPS) is 11.5. The third-order valence-corrected chi connectivity index (χ3v) is 4.89. The molecular weight excluding hydrogens is 317 g/mol. The Morgan fingerprint density at radius 3 is 2.25 bits per heavy atom. The highest BCUT2D eigenvalue weighted by molar-refractivity contribution is 7.89. The molecule has 2 rings (SSSR count). The molecule has 0 radical (unpaired) electrons. The molecule has 0 heterocycles. The van der Waals surface area contributed by atoms with Crippen molar-refractivity contribution in [1.82, 2.24) is 0 Å². The minimum Gasteiger partial charge on any atom is -0.399 e. The SMILES string of the molecule is Nc1ccc(Cl)c(CS(=O)(=O)Cc2ccc(Cl)cc2)c1. The lowest BCUT2D eigenvalue weighted by Gasteiger charge is -2.07. The van der Waals surface area contributed by atoms with Crippen molar-refractivity contribution in [2.45, 2.75) is 11.5 Å². The Morgan fingerprint density at radius 1 is 0.950 bits per heavy atom. The summed E-state index contributed by atoms with van der Waals surface area (Å²) in [5, 5.41) is 0.976. The van der Waals surface area contributed by atoms with Crippen LogP contribution in [-0.4, -0.2) is 8.42 Å². The summed E-state index contributed by atoms with van der Waals surface area (Å²) in [6.45, 7) is 0. The molecule has 3 nitrogen and oxygen atoms in total. The Bertz CT molecular complexity index is 712. The predicted octanol–water partition coefficient (Wildman–Crippen LogP) is 3.69. The molecule has 0 unspecified atom stereocenters. The summed E-state index contributed by atoms with van der Waals surface area (Å²) in [7, 11) is -3.32. The summed E-state index contributed by atoms with van der Waals surface area (Å²) in [5.74, 6) is -0.200.